The summed E-state index contributed by atoms with van der Waals surface area (Å²) in [5.41, 5.74) is 9.19. The Bertz CT molecular complexity index is 483. The van der Waals surface area contributed by atoms with E-state index in [9.17, 15) is 0 Å². The quantitative estimate of drug-likeness (QED) is 0.653. The first-order valence-electron chi connectivity index (χ1n) is 4.62. The average molecular weight is 182 g/mol. The lowest BCUT2D eigenvalue weighted by Crippen LogP contribution is -2.40. The third-order valence-corrected chi connectivity index (χ3v) is 2.75. The molecule has 0 saturated heterocycles. The SMILES string of the molecule is NC12C=Cc3ccccc3C1=CN=C2. The Kier molecular flexibility index (Phi) is 1.33. The minimum Gasteiger partial charge on any atom is -0.314 e. The van der Waals surface area contributed by atoms with Crippen LogP contribution < -0.4 is 5.73 Å². The molecule has 1 aliphatic heterocycles. The standard InChI is InChI=1S/C12H10N2/c13-12-6-5-9-3-1-2-4-10(9)11(12)7-14-8-12/h1-8H,13H2. The van der Waals surface area contributed by atoms with Gasteiger partial charge in [-0.2, -0.15) is 0 Å². The fraction of sp³-hybridized carbons (Fsp3) is 0.0833. The van der Waals surface area contributed by atoms with E-state index in [0.29, 0.717) is 0 Å². The highest BCUT2D eigenvalue weighted by atomic mass is 14.9. The monoisotopic (exact) mass is 182 g/mol. The van der Waals surface area contributed by atoms with Gasteiger partial charge in [-0.05, 0) is 11.1 Å². The van der Waals surface area contributed by atoms with Crippen molar-refractivity contribution in [3.8, 4) is 0 Å². The van der Waals surface area contributed by atoms with E-state index in [0.717, 1.165) is 5.57 Å². The van der Waals surface area contributed by atoms with Crippen LogP contribution in [0.25, 0.3) is 11.6 Å². The van der Waals surface area contributed by atoms with Crippen molar-refractivity contribution in [2.45, 2.75) is 5.54 Å². The molecule has 2 N–H and O–H groups in total. The Morgan fingerprint density at radius 2 is 2.07 bits per heavy atom. The molecule has 0 fully saturated rings. The summed E-state index contributed by atoms with van der Waals surface area (Å²) in [6, 6.07) is 8.23. The number of benzene rings is 1. The predicted molar refractivity (Wildman–Crippen MR) is 58.9 cm³/mol. The number of fused-ring (bicyclic) bond motifs is 3. The number of rotatable bonds is 0. The van der Waals surface area contributed by atoms with Crippen molar-refractivity contribution in [3.63, 3.8) is 0 Å². The van der Waals surface area contributed by atoms with Crippen LogP contribution in [0.5, 0.6) is 0 Å². The van der Waals surface area contributed by atoms with Crippen LogP contribution in [-0.2, 0) is 0 Å². The normalized spacial score (nSPS) is 27.1. The Morgan fingerprint density at radius 3 is 3.00 bits per heavy atom. The van der Waals surface area contributed by atoms with Crippen molar-refractivity contribution in [3.05, 3.63) is 47.7 Å². The van der Waals surface area contributed by atoms with Crippen molar-refractivity contribution in [2.24, 2.45) is 10.7 Å². The lowest BCUT2D eigenvalue weighted by molar-refractivity contribution is 0.928. The molecule has 0 bridgehead atoms. The molecule has 1 unspecified atom stereocenters. The van der Waals surface area contributed by atoms with Crippen molar-refractivity contribution < 1.29 is 0 Å². The molecule has 1 aliphatic carbocycles. The molecule has 0 amide bonds. The van der Waals surface area contributed by atoms with E-state index in [-0.39, 0.29) is 0 Å². The molecular weight excluding hydrogens is 172 g/mol. The molecular formula is C12H10N2. The zero-order chi connectivity index (χ0) is 9.60. The van der Waals surface area contributed by atoms with E-state index in [4.69, 9.17) is 5.73 Å². The molecule has 1 aromatic carbocycles. The maximum atomic E-state index is 6.17. The van der Waals surface area contributed by atoms with E-state index < -0.39 is 5.54 Å². The molecule has 0 spiro atoms. The molecule has 14 heavy (non-hydrogen) atoms. The number of nitrogens with zero attached hydrogens (tertiary/aromatic N) is 1. The molecule has 3 rings (SSSR count). The topological polar surface area (TPSA) is 38.4 Å². The number of hydrogen-bond acceptors (Lipinski definition) is 2. The molecule has 1 heterocycles. The van der Waals surface area contributed by atoms with Crippen LogP contribution in [0, 0.1) is 0 Å². The van der Waals surface area contributed by atoms with Gasteiger partial charge in [0.25, 0.3) is 0 Å². The average Bonchev–Trinajstić information content (AvgIpc) is 2.60. The molecule has 2 nitrogen and oxygen atoms in total. The van der Waals surface area contributed by atoms with Gasteiger partial charge in [0.2, 0.25) is 0 Å². The van der Waals surface area contributed by atoms with Crippen LogP contribution in [0.2, 0.25) is 0 Å². The fourth-order valence-electron chi connectivity index (χ4n) is 1.97. The maximum absolute atomic E-state index is 6.17. The fourth-order valence-corrected chi connectivity index (χ4v) is 1.97. The Labute approximate surface area is 82.5 Å². The summed E-state index contributed by atoms with van der Waals surface area (Å²) in [7, 11) is 0. The van der Waals surface area contributed by atoms with E-state index in [2.05, 4.69) is 23.2 Å². The second-order valence-electron chi connectivity index (χ2n) is 3.67. The van der Waals surface area contributed by atoms with Crippen molar-refractivity contribution in [1.82, 2.24) is 0 Å². The maximum Gasteiger partial charge on any atom is 0.0979 e. The number of hydrogen-bond donors (Lipinski definition) is 1. The summed E-state index contributed by atoms with van der Waals surface area (Å²) in [5, 5.41) is 0. The first kappa shape index (κ1) is 7.71. The second-order valence-corrected chi connectivity index (χ2v) is 3.67. The number of nitrogens with two attached hydrogens (primary N) is 1. The highest BCUT2D eigenvalue weighted by Crippen LogP contribution is 2.36. The molecule has 68 valence electrons. The molecule has 0 saturated carbocycles. The van der Waals surface area contributed by atoms with Gasteiger partial charge in [-0.1, -0.05) is 36.4 Å². The summed E-state index contributed by atoms with van der Waals surface area (Å²) in [6.45, 7) is 0. The molecule has 1 aromatic rings. The van der Waals surface area contributed by atoms with Crippen molar-refractivity contribution in [1.29, 1.82) is 0 Å². The Morgan fingerprint density at radius 1 is 1.21 bits per heavy atom. The van der Waals surface area contributed by atoms with Crippen LogP contribution in [-0.4, -0.2) is 11.8 Å². The van der Waals surface area contributed by atoms with E-state index in [1.807, 2.05) is 24.4 Å². The molecule has 2 aliphatic rings. The number of aliphatic imine (C=N–C) groups is 1. The first-order chi connectivity index (χ1) is 6.80. The van der Waals surface area contributed by atoms with Gasteiger partial charge in [0, 0.05) is 18.0 Å². The van der Waals surface area contributed by atoms with Crippen LogP contribution in [0.3, 0.4) is 0 Å². The molecule has 0 radical (unpaired) electrons. The molecule has 1 atom stereocenters. The van der Waals surface area contributed by atoms with Gasteiger partial charge in [-0.25, -0.2) is 0 Å². The predicted octanol–water partition coefficient (Wildman–Crippen LogP) is 1.84. The van der Waals surface area contributed by atoms with Gasteiger partial charge < -0.3 is 5.73 Å². The van der Waals surface area contributed by atoms with Crippen LogP contribution >= 0.6 is 0 Å². The summed E-state index contributed by atoms with van der Waals surface area (Å²) < 4.78 is 0. The van der Waals surface area contributed by atoms with Crippen LogP contribution in [0.1, 0.15) is 11.1 Å². The van der Waals surface area contributed by atoms with Gasteiger partial charge in [0.1, 0.15) is 0 Å². The van der Waals surface area contributed by atoms with Gasteiger partial charge >= 0.3 is 0 Å². The van der Waals surface area contributed by atoms with Gasteiger partial charge in [0.05, 0.1) is 5.54 Å². The first-order valence-corrected chi connectivity index (χ1v) is 4.62. The molecule has 0 aromatic heterocycles. The van der Waals surface area contributed by atoms with E-state index in [1.165, 1.54) is 11.1 Å². The highest BCUT2D eigenvalue weighted by molar-refractivity contribution is 6.02. The lowest BCUT2D eigenvalue weighted by atomic mass is 9.81. The zero-order valence-electron chi connectivity index (χ0n) is 7.64. The zero-order valence-corrected chi connectivity index (χ0v) is 7.64. The summed E-state index contributed by atoms with van der Waals surface area (Å²) in [6.07, 6.45) is 7.69. The largest absolute Gasteiger partial charge is 0.314 e. The minimum atomic E-state index is -0.478. The second kappa shape index (κ2) is 2.42. The molecule has 2 heteroatoms. The Balaban J connectivity index is 2.29. The van der Waals surface area contributed by atoms with Gasteiger partial charge in [-0.15, -0.1) is 0 Å². The summed E-state index contributed by atoms with van der Waals surface area (Å²) in [5.74, 6) is 0. The van der Waals surface area contributed by atoms with Gasteiger partial charge in [-0.3, -0.25) is 4.99 Å². The van der Waals surface area contributed by atoms with Crippen molar-refractivity contribution >= 4 is 17.9 Å². The van der Waals surface area contributed by atoms with E-state index in [1.54, 1.807) is 6.21 Å². The third-order valence-electron chi connectivity index (χ3n) is 2.75. The third kappa shape index (κ3) is 0.860. The van der Waals surface area contributed by atoms with Crippen LogP contribution in [0.4, 0.5) is 0 Å². The highest BCUT2D eigenvalue weighted by Gasteiger charge is 2.32. The van der Waals surface area contributed by atoms with Crippen molar-refractivity contribution in [2.75, 3.05) is 0 Å². The lowest BCUT2D eigenvalue weighted by Gasteiger charge is -2.26. The van der Waals surface area contributed by atoms with E-state index >= 15 is 0 Å². The summed E-state index contributed by atoms with van der Waals surface area (Å²) in [4.78, 5) is 4.14. The summed E-state index contributed by atoms with van der Waals surface area (Å²) >= 11 is 0. The smallest absolute Gasteiger partial charge is 0.0979 e. The minimum absolute atomic E-state index is 0.478. The Hall–Kier alpha value is -1.67. The van der Waals surface area contributed by atoms with Crippen LogP contribution in [0.15, 0.2) is 41.5 Å². The van der Waals surface area contributed by atoms with Gasteiger partial charge in [0.15, 0.2) is 0 Å².